The molecule has 0 heterocycles. The summed E-state index contributed by atoms with van der Waals surface area (Å²) in [6.07, 6.45) is 1.24. The van der Waals surface area contributed by atoms with Crippen LogP contribution in [0, 0.1) is 74.1 Å². The van der Waals surface area contributed by atoms with Crippen LogP contribution in [0.1, 0.15) is 219 Å². The smallest absolute Gasteiger partial charge is 0.358 e. The van der Waals surface area contributed by atoms with Crippen LogP contribution in [0.3, 0.4) is 0 Å². The summed E-state index contributed by atoms with van der Waals surface area (Å²) in [7, 11) is 0. The maximum absolute atomic E-state index is 3.25. The Hall–Kier alpha value is -2.17. The molecule has 1 aliphatic carbocycles. The third-order valence-corrected chi connectivity index (χ3v) is 12.5. The van der Waals surface area contributed by atoms with Crippen molar-refractivity contribution < 1.29 is 40.5 Å². The first-order valence-electron chi connectivity index (χ1n) is 28.5. The Kier molecular flexibility index (Phi) is 64.0. The molecule has 0 amide bonds. The molecule has 6 aromatic rings. The standard InChI is InChI=1S/C19H22.C19H24.C18H20.6C2H6.2C2H5.CH2I2.CH3.Pt.Zn/c1-14-5-9-16(10-6-14)19(13-18(19,3)4)17-11-7-15(2)8-12-17;1-14(2)19(5,17-10-6-15(3)7-11-17)18-12-8-16(4)9-13-18;1-13(2)18(16-9-5-14(3)6-10-16)17-11-7-15(4)8-12-17;8*1-2;2-1-3;;;/h5-12H,13H2,1-4H3;6-14H,1-5H3;5-12H,1-4H3;6*1-2H3;2*1H2,2H3;1H2;1H3;;/q;;;;;;;;;2*-1;;-1;;+2. The van der Waals surface area contributed by atoms with Crippen LogP contribution in [0.25, 0.3) is 5.57 Å². The number of hydrogen-bond donors (Lipinski definition) is 0. The van der Waals surface area contributed by atoms with Crippen LogP contribution < -0.4 is 0 Å². The molecule has 440 valence electrons. The van der Waals surface area contributed by atoms with E-state index in [0.29, 0.717) is 11.3 Å². The molecular weight excluding hydrogens is 1400 g/mol. The number of rotatable bonds is 7. The van der Waals surface area contributed by atoms with Gasteiger partial charge in [0.1, 0.15) is 0 Å². The Morgan fingerprint density at radius 1 is 0.449 bits per heavy atom. The molecule has 0 bridgehead atoms. The quantitative estimate of drug-likeness (QED) is 0.0647. The molecule has 1 fully saturated rings. The van der Waals surface area contributed by atoms with Crippen molar-refractivity contribution in [2.75, 3.05) is 2.43 Å². The SMILES string of the molecule is CC.CC.CC.CC.CC.CC.CC(C)=C(c1ccc(C)cc1)c1ccc(C)cc1.Cc1ccc(C(C)(c2ccc(C)cc2)C(C)C)cc1.Cc1ccc(C2(c3ccc(C)cc3)CC2(C)C)cc1.ICI.[CH2-]C.[CH2-]C.[CH3-].[Pt].[Zn+2]. The van der Waals surface area contributed by atoms with Gasteiger partial charge in [-0.1, -0.05) is 347 Å². The molecule has 7 rings (SSSR count). The van der Waals surface area contributed by atoms with Gasteiger partial charge < -0.3 is 21.3 Å². The fourth-order valence-electron chi connectivity index (χ4n) is 8.26. The van der Waals surface area contributed by atoms with Gasteiger partial charge in [0.15, 0.2) is 0 Å². The molecule has 0 N–H and O–H groups in total. The van der Waals surface area contributed by atoms with Crippen LogP contribution in [0.5, 0.6) is 0 Å². The van der Waals surface area contributed by atoms with Crippen LogP contribution in [-0.4, -0.2) is 2.43 Å². The van der Waals surface area contributed by atoms with Crippen LogP contribution >= 0.6 is 45.2 Å². The third-order valence-electron chi connectivity index (χ3n) is 12.5. The Balaban J connectivity index is -0.000000133. The van der Waals surface area contributed by atoms with Crippen molar-refractivity contribution in [3.63, 3.8) is 0 Å². The van der Waals surface area contributed by atoms with Crippen molar-refractivity contribution >= 4 is 50.8 Å². The minimum Gasteiger partial charge on any atom is -0.358 e. The first-order chi connectivity index (χ1) is 35.9. The van der Waals surface area contributed by atoms with Gasteiger partial charge in [0.05, 0.1) is 2.43 Å². The van der Waals surface area contributed by atoms with Crippen molar-refractivity contribution in [2.45, 2.75) is 204 Å². The molecule has 6 aromatic carbocycles. The van der Waals surface area contributed by atoms with Gasteiger partial charge in [0.25, 0.3) is 0 Å². The molecule has 0 saturated heterocycles. The number of hydrogen-bond acceptors (Lipinski definition) is 0. The molecule has 1 saturated carbocycles. The Bertz CT molecular complexity index is 2000. The average molecular weight is 1520 g/mol. The second-order valence-electron chi connectivity index (χ2n) is 18.0. The van der Waals surface area contributed by atoms with E-state index in [9.17, 15) is 0 Å². The van der Waals surface area contributed by atoms with Crippen molar-refractivity contribution in [3.8, 4) is 0 Å². The summed E-state index contributed by atoms with van der Waals surface area (Å²) in [5.41, 5.74) is 19.6. The number of benzene rings is 6. The molecule has 0 aliphatic heterocycles. The van der Waals surface area contributed by atoms with Gasteiger partial charge >= 0.3 is 19.5 Å². The summed E-state index contributed by atoms with van der Waals surface area (Å²) >= 11 is 4.55. The van der Waals surface area contributed by atoms with E-state index in [1.54, 1.807) is 13.8 Å². The van der Waals surface area contributed by atoms with E-state index in [4.69, 9.17) is 0 Å². The van der Waals surface area contributed by atoms with Crippen LogP contribution in [0.15, 0.2) is 151 Å². The predicted octanol–water partition coefficient (Wildman–Crippen LogP) is 25.5. The first kappa shape index (κ1) is 92.3. The molecule has 4 heteroatoms. The predicted molar refractivity (Wildman–Crippen MR) is 374 cm³/mol. The van der Waals surface area contributed by atoms with Gasteiger partial charge in [0.2, 0.25) is 0 Å². The minimum absolute atomic E-state index is 0. The largest absolute Gasteiger partial charge is 2.00 e. The minimum atomic E-state index is 0. The average Bonchev–Trinajstić information content (AvgIpc) is 4.05. The van der Waals surface area contributed by atoms with E-state index >= 15 is 0 Å². The zero-order valence-corrected chi connectivity index (χ0v) is 65.1. The Morgan fingerprint density at radius 2 is 0.628 bits per heavy atom. The number of halogens is 2. The summed E-state index contributed by atoms with van der Waals surface area (Å²) in [6, 6.07) is 53.6. The summed E-state index contributed by atoms with van der Waals surface area (Å²) < 4.78 is 1.19. The van der Waals surface area contributed by atoms with Crippen LogP contribution in [0.2, 0.25) is 0 Å². The van der Waals surface area contributed by atoms with Crippen molar-refractivity contribution in [1.82, 2.24) is 0 Å². The fraction of sp³-hybridized carbons (Fsp3) is 0.446. The van der Waals surface area contributed by atoms with E-state index in [-0.39, 0.29) is 58.8 Å². The van der Waals surface area contributed by atoms with E-state index in [1.165, 1.54) is 86.8 Å². The van der Waals surface area contributed by atoms with E-state index in [1.807, 2.05) is 83.1 Å². The molecule has 0 radical (unpaired) electrons. The van der Waals surface area contributed by atoms with Crippen molar-refractivity contribution in [2.24, 2.45) is 11.3 Å². The zero-order valence-electron chi connectivity index (χ0n) is 55.5. The normalized spacial score (nSPS) is 10.8. The van der Waals surface area contributed by atoms with Gasteiger partial charge in [-0.3, -0.25) is 0 Å². The second kappa shape index (κ2) is 54.1. The van der Waals surface area contributed by atoms with Gasteiger partial charge in [-0.05, 0) is 112 Å². The van der Waals surface area contributed by atoms with Crippen LogP contribution in [-0.2, 0) is 51.4 Å². The Morgan fingerprint density at radius 3 is 0.795 bits per heavy atom. The maximum Gasteiger partial charge on any atom is 2.00 e. The van der Waals surface area contributed by atoms with Gasteiger partial charge in [0, 0.05) is 31.9 Å². The molecule has 0 unspecified atom stereocenters. The monoisotopic (exact) mass is 1520 g/mol. The zero-order chi connectivity index (χ0) is 59.5. The fourth-order valence-corrected chi connectivity index (χ4v) is 8.26. The van der Waals surface area contributed by atoms with Gasteiger partial charge in [-0.2, -0.15) is 13.8 Å². The molecule has 0 aromatic heterocycles. The van der Waals surface area contributed by atoms with E-state index < -0.39 is 0 Å². The van der Waals surface area contributed by atoms with Gasteiger partial charge in [-0.25, -0.2) is 0 Å². The number of aryl methyl sites for hydroxylation is 6. The molecule has 0 nitrogen and oxygen atoms in total. The topological polar surface area (TPSA) is 0 Å². The first-order valence-corrected chi connectivity index (χ1v) is 31.6. The van der Waals surface area contributed by atoms with E-state index in [0.717, 1.165) is 0 Å². The maximum atomic E-state index is 3.25. The summed E-state index contributed by atoms with van der Waals surface area (Å²) in [4.78, 5) is 0. The molecule has 0 atom stereocenters. The van der Waals surface area contributed by atoms with E-state index in [2.05, 4.69) is 295 Å². The number of alkyl halides is 2. The van der Waals surface area contributed by atoms with Crippen molar-refractivity contribution in [1.29, 1.82) is 0 Å². The molecule has 0 spiro atoms. The summed E-state index contributed by atoms with van der Waals surface area (Å²) in [5.74, 6) is 0.554. The second-order valence-corrected chi connectivity index (χ2v) is 22.4. The molecular formula is C74H117I2PtZn-. The molecule has 1 aliphatic rings. The number of allylic oxidation sites excluding steroid dienone is 1. The Labute approximate surface area is 543 Å². The van der Waals surface area contributed by atoms with Crippen LogP contribution in [0.4, 0.5) is 0 Å². The van der Waals surface area contributed by atoms with Crippen molar-refractivity contribution in [3.05, 3.63) is 239 Å². The van der Waals surface area contributed by atoms with Gasteiger partial charge in [-0.15, -0.1) is 0 Å². The third kappa shape index (κ3) is 30.8. The molecule has 78 heavy (non-hydrogen) atoms. The summed E-state index contributed by atoms with van der Waals surface area (Å²) in [5, 5.41) is 0. The summed E-state index contributed by atoms with van der Waals surface area (Å²) in [6.45, 7) is 62.9.